The lowest BCUT2D eigenvalue weighted by molar-refractivity contribution is -0.141. The molecule has 3 aromatic rings. The first-order valence-electron chi connectivity index (χ1n) is 11.0. The van der Waals surface area contributed by atoms with Gasteiger partial charge in [-0.2, -0.15) is 23.4 Å². The van der Waals surface area contributed by atoms with Gasteiger partial charge < -0.3 is 5.32 Å². The first-order valence-corrected chi connectivity index (χ1v) is 11.0. The van der Waals surface area contributed by atoms with E-state index in [0.717, 1.165) is 23.1 Å². The van der Waals surface area contributed by atoms with Gasteiger partial charge in [0.2, 0.25) is 0 Å². The molecule has 174 valence electrons. The summed E-state index contributed by atoms with van der Waals surface area (Å²) >= 11 is 0. The van der Waals surface area contributed by atoms with E-state index in [1.807, 2.05) is 6.92 Å². The zero-order valence-electron chi connectivity index (χ0n) is 18.3. The fourth-order valence-electron chi connectivity index (χ4n) is 5.23. The molecule has 3 heterocycles. The average Bonchev–Trinajstić information content (AvgIpc) is 3.56. The van der Waals surface area contributed by atoms with E-state index in [1.165, 1.54) is 42.4 Å². The van der Waals surface area contributed by atoms with Crippen molar-refractivity contribution in [1.82, 2.24) is 34.8 Å². The Balaban J connectivity index is 1.39. The Morgan fingerprint density at radius 3 is 2.70 bits per heavy atom. The predicted molar refractivity (Wildman–Crippen MR) is 112 cm³/mol. The maximum Gasteiger partial charge on any atom is 0.433 e. The molecule has 0 spiro atoms. The number of fused-ring (bicyclic) bond motifs is 2. The highest BCUT2D eigenvalue weighted by atomic mass is 19.4. The van der Waals surface area contributed by atoms with Gasteiger partial charge in [-0.15, -0.1) is 0 Å². The number of aromatic nitrogens is 6. The van der Waals surface area contributed by atoms with E-state index in [0.29, 0.717) is 17.4 Å². The fraction of sp³-hybridized carbons (Fsp3) is 0.500. The predicted octanol–water partition coefficient (Wildman–Crippen LogP) is 3.64. The standard InChI is InChI=1S/C22H24F3N7O/c1-12(16-8-13-3-4-14(16)7-13)27-20(33)17-5-6-32(30-17)21-28-18(15-10-26-31(2)11-15)9-19(29-21)22(23,24)25/h5-6,9-14,16H,3-4,7-8H2,1-2H3,(H,27,33)/t12-,13-,14-,16+/m0/s1. The zero-order chi connectivity index (χ0) is 23.3. The Hall–Kier alpha value is -3.24. The summed E-state index contributed by atoms with van der Waals surface area (Å²) < 4.78 is 43.0. The largest absolute Gasteiger partial charge is 0.433 e. The van der Waals surface area contributed by atoms with Crippen molar-refractivity contribution in [3.05, 3.63) is 42.1 Å². The van der Waals surface area contributed by atoms with Crippen LogP contribution in [-0.4, -0.2) is 41.5 Å². The summed E-state index contributed by atoms with van der Waals surface area (Å²) in [7, 11) is 1.66. The van der Waals surface area contributed by atoms with Gasteiger partial charge in [-0.1, -0.05) is 6.42 Å². The molecule has 11 heteroatoms. The van der Waals surface area contributed by atoms with Gasteiger partial charge in [-0.05, 0) is 56.1 Å². The van der Waals surface area contributed by atoms with Gasteiger partial charge >= 0.3 is 6.18 Å². The quantitative estimate of drug-likeness (QED) is 0.629. The smallest absolute Gasteiger partial charge is 0.348 e. The summed E-state index contributed by atoms with van der Waals surface area (Å²) in [5.41, 5.74) is -0.519. The number of halogens is 3. The highest BCUT2D eigenvalue weighted by Crippen LogP contribution is 2.49. The van der Waals surface area contributed by atoms with Gasteiger partial charge in [0, 0.05) is 31.0 Å². The Bertz CT molecular complexity index is 1180. The summed E-state index contributed by atoms with van der Waals surface area (Å²) in [5.74, 6) is 1.26. The van der Waals surface area contributed by atoms with Gasteiger partial charge in [0.05, 0.1) is 11.9 Å². The van der Waals surface area contributed by atoms with E-state index in [2.05, 4.69) is 25.5 Å². The van der Waals surface area contributed by atoms with Crippen molar-refractivity contribution in [2.24, 2.45) is 24.8 Å². The van der Waals surface area contributed by atoms with E-state index >= 15 is 0 Å². The van der Waals surface area contributed by atoms with Crippen LogP contribution in [-0.2, 0) is 13.2 Å². The number of alkyl halides is 3. The summed E-state index contributed by atoms with van der Waals surface area (Å²) in [6.07, 6.45) is 4.58. The van der Waals surface area contributed by atoms with Crippen LogP contribution in [0.5, 0.6) is 0 Å². The number of nitrogens with one attached hydrogen (secondary N) is 1. The second-order valence-electron chi connectivity index (χ2n) is 9.09. The average molecular weight is 459 g/mol. The van der Waals surface area contributed by atoms with Crippen LogP contribution in [0.1, 0.15) is 48.8 Å². The molecule has 0 aromatic carbocycles. The number of rotatable bonds is 5. The highest BCUT2D eigenvalue weighted by molar-refractivity contribution is 5.92. The topological polar surface area (TPSA) is 90.5 Å². The number of hydrogen-bond donors (Lipinski definition) is 1. The molecular weight excluding hydrogens is 435 g/mol. The van der Waals surface area contributed by atoms with Crippen molar-refractivity contribution >= 4 is 5.91 Å². The van der Waals surface area contributed by atoms with E-state index in [4.69, 9.17) is 0 Å². The number of carbonyl (C=O) groups excluding carboxylic acids is 1. The minimum absolute atomic E-state index is 0.0138. The van der Waals surface area contributed by atoms with Crippen LogP contribution in [0.25, 0.3) is 17.2 Å². The summed E-state index contributed by atoms with van der Waals surface area (Å²) in [6.45, 7) is 2.01. The van der Waals surface area contributed by atoms with Crippen LogP contribution in [0.4, 0.5) is 13.2 Å². The molecule has 2 aliphatic carbocycles. The van der Waals surface area contributed by atoms with E-state index < -0.39 is 11.9 Å². The van der Waals surface area contributed by atoms with Crippen LogP contribution in [0.3, 0.4) is 0 Å². The monoisotopic (exact) mass is 459 g/mol. The normalized spacial score (nSPS) is 23.1. The third-order valence-corrected chi connectivity index (χ3v) is 6.83. The molecule has 2 saturated carbocycles. The highest BCUT2D eigenvalue weighted by Gasteiger charge is 2.42. The maximum atomic E-state index is 13.5. The lowest BCUT2D eigenvalue weighted by atomic mass is 9.84. The molecule has 0 aliphatic heterocycles. The Morgan fingerprint density at radius 2 is 2.06 bits per heavy atom. The van der Waals surface area contributed by atoms with Crippen molar-refractivity contribution in [3.63, 3.8) is 0 Å². The van der Waals surface area contributed by atoms with Crippen LogP contribution < -0.4 is 5.32 Å². The molecule has 0 radical (unpaired) electrons. The summed E-state index contributed by atoms with van der Waals surface area (Å²) in [5, 5.41) is 11.2. The minimum Gasteiger partial charge on any atom is -0.348 e. The van der Waals surface area contributed by atoms with Crippen molar-refractivity contribution in [2.75, 3.05) is 0 Å². The van der Waals surface area contributed by atoms with Gasteiger partial charge in [0.15, 0.2) is 11.4 Å². The lowest BCUT2D eigenvalue weighted by Gasteiger charge is -2.28. The van der Waals surface area contributed by atoms with E-state index in [1.54, 1.807) is 13.2 Å². The van der Waals surface area contributed by atoms with Crippen LogP contribution in [0.15, 0.2) is 30.7 Å². The van der Waals surface area contributed by atoms with Gasteiger partial charge in [0.1, 0.15) is 0 Å². The van der Waals surface area contributed by atoms with Crippen molar-refractivity contribution in [3.8, 4) is 17.2 Å². The van der Waals surface area contributed by atoms with Crippen LogP contribution >= 0.6 is 0 Å². The molecule has 5 rings (SSSR count). The summed E-state index contributed by atoms with van der Waals surface area (Å²) in [4.78, 5) is 20.6. The van der Waals surface area contributed by atoms with Crippen LogP contribution in [0, 0.1) is 17.8 Å². The number of hydrogen-bond acceptors (Lipinski definition) is 5. The molecule has 33 heavy (non-hydrogen) atoms. The molecule has 3 aromatic heterocycles. The third kappa shape index (κ3) is 4.23. The second kappa shape index (κ2) is 7.96. The molecule has 2 fully saturated rings. The van der Waals surface area contributed by atoms with Crippen LogP contribution in [0.2, 0.25) is 0 Å². The number of aryl methyl sites for hydroxylation is 1. The second-order valence-corrected chi connectivity index (χ2v) is 9.09. The number of carbonyl (C=O) groups is 1. The van der Waals surface area contributed by atoms with Crippen molar-refractivity contribution in [2.45, 2.75) is 44.8 Å². The molecular formula is C22H24F3N7O. The van der Waals surface area contributed by atoms with Gasteiger partial charge in [-0.25, -0.2) is 14.6 Å². The fourth-order valence-corrected chi connectivity index (χ4v) is 5.23. The van der Waals surface area contributed by atoms with Gasteiger partial charge in [-0.3, -0.25) is 9.48 Å². The third-order valence-electron chi connectivity index (χ3n) is 6.83. The minimum atomic E-state index is -4.67. The molecule has 2 bridgehead atoms. The Kier molecular flexibility index (Phi) is 5.21. The number of nitrogens with zero attached hydrogens (tertiary/aromatic N) is 6. The van der Waals surface area contributed by atoms with Crippen molar-refractivity contribution < 1.29 is 18.0 Å². The molecule has 2 aliphatic rings. The lowest BCUT2D eigenvalue weighted by Crippen LogP contribution is -2.40. The summed E-state index contributed by atoms with van der Waals surface area (Å²) in [6, 6.07) is 2.34. The van der Waals surface area contributed by atoms with E-state index in [-0.39, 0.29) is 29.3 Å². The molecule has 1 N–H and O–H groups in total. The van der Waals surface area contributed by atoms with Crippen molar-refractivity contribution in [1.29, 1.82) is 0 Å². The molecule has 1 amide bonds. The van der Waals surface area contributed by atoms with E-state index in [9.17, 15) is 18.0 Å². The molecule has 8 nitrogen and oxygen atoms in total. The Labute approximate surface area is 188 Å². The zero-order valence-corrected chi connectivity index (χ0v) is 18.3. The van der Waals surface area contributed by atoms with Gasteiger partial charge in [0.25, 0.3) is 11.9 Å². The first kappa shape index (κ1) is 21.6. The molecule has 0 unspecified atom stereocenters. The SMILES string of the molecule is C[C@H](NC(=O)c1ccn(-c2nc(-c3cnn(C)c3)cc(C(F)(F)F)n2)n1)[C@H]1C[C@H]2CC[C@H]1C2. The molecule has 0 saturated heterocycles. The first-order chi connectivity index (χ1) is 15.7. The Morgan fingerprint density at radius 1 is 1.24 bits per heavy atom. The maximum absolute atomic E-state index is 13.5. The molecule has 4 atom stereocenters. The number of amides is 1.